The number of hydrogen-bond acceptors (Lipinski definition) is 4. The molecule has 8 heteroatoms. The molecule has 0 saturated carbocycles. The van der Waals surface area contributed by atoms with E-state index in [1.165, 1.54) is 24.3 Å². The van der Waals surface area contributed by atoms with E-state index >= 15 is 0 Å². The molecule has 0 aliphatic rings. The molecule has 0 fully saturated rings. The highest BCUT2D eigenvalue weighted by Gasteiger charge is 2.20. The van der Waals surface area contributed by atoms with E-state index < -0.39 is 23.3 Å². The molecule has 0 N–H and O–H groups in total. The van der Waals surface area contributed by atoms with Gasteiger partial charge in [-0.05, 0) is 70.1 Å². The Morgan fingerprint density at radius 1 is 0.333 bits per heavy atom. The Hall–Kier alpha value is -5.50. The predicted molar refractivity (Wildman–Crippen MR) is 156 cm³/mol. The molecule has 0 amide bonds. The molecule has 0 radical (unpaired) electrons. The number of aromatic nitrogens is 4. The Balaban J connectivity index is 1.34. The lowest BCUT2D eigenvalue weighted by atomic mass is 9.88. The number of halogens is 4. The summed E-state index contributed by atoms with van der Waals surface area (Å²) in [5, 5.41) is 7.69. The first-order valence-electron chi connectivity index (χ1n) is 13.2. The SMILES string of the molecule is Fc1cc(F)cc(-c2nc3ccc4c5ccc6nc(-c7cc(F)cc(F)c7)nc7ccc(c8ccc(n2)c3c48)c5c67)c1. The van der Waals surface area contributed by atoms with Gasteiger partial charge in [-0.3, -0.25) is 0 Å². The summed E-state index contributed by atoms with van der Waals surface area (Å²) >= 11 is 0. The molecule has 0 aliphatic heterocycles. The predicted octanol–water partition coefficient (Wildman–Crippen LogP) is 8.95. The maximum absolute atomic E-state index is 14.0. The summed E-state index contributed by atoms with van der Waals surface area (Å²) in [6.45, 7) is 0. The highest BCUT2D eigenvalue weighted by Crippen LogP contribution is 2.44. The molecule has 9 aromatic rings. The van der Waals surface area contributed by atoms with E-state index in [9.17, 15) is 17.6 Å². The van der Waals surface area contributed by atoms with Crippen LogP contribution in [0, 0.1) is 23.3 Å². The van der Waals surface area contributed by atoms with E-state index in [1.54, 1.807) is 0 Å². The smallest absolute Gasteiger partial charge is 0.160 e. The molecule has 9 rings (SSSR count). The van der Waals surface area contributed by atoms with Crippen LogP contribution in [0.2, 0.25) is 0 Å². The van der Waals surface area contributed by atoms with Gasteiger partial charge in [0.25, 0.3) is 0 Å². The third kappa shape index (κ3) is 3.17. The van der Waals surface area contributed by atoms with Gasteiger partial charge in [0.15, 0.2) is 11.6 Å². The first-order valence-corrected chi connectivity index (χ1v) is 13.2. The van der Waals surface area contributed by atoms with Crippen molar-refractivity contribution in [3.8, 4) is 22.8 Å². The van der Waals surface area contributed by atoms with Gasteiger partial charge in [0.2, 0.25) is 0 Å². The molecule has 198 valence electrons. The lowest BCUT2D eigenvalue weighted by molar-refractivity contribution is 0.583. The van der Waals surface area contributed by atoms with Gasteiger partial charge in [-0.1, -0.05) is 24.3 Å². The molecule has 2 heterocycles. The maximum atomic E-state index is 14.0. The van der Waals surface area contributed by atoms with Gasteiger partial charge in [-0.25, -0.2) is 37.5 Å². The van der Waals surface area contributed by atoms with Crippen LogP contribution in [0.3, 0.4) is 0 Å². The van der Waals surface area contributed by atoms with Crippen molar-refractivity contribution in [1.29, 1.82) is 0 Å². The third-order valence-electron chi connectivity index (χ3n) is 7.96. The van der Waals surface area contributed by atoms with Crippen molar-refractivity contribution in [2.75, 3.05) is 0 Å². The Labute approximate surface area is 233 Å². The van der Waals surface area contributed by atoms with E-state index in [4.69, 9.17) is 19.9 Å². The van der Waals surface area contributed by atoms with Crippen molar-refractivity contribution in [3.05, 3.63) is 108 Å². The molecule has 42 heavy (non-hydrogen) atoms. The van der Waals surface area contributed by atoms with Gasteiger partial charge in [0.1, 0.15) is 23.3 Å². The van der Waals surface area contributed by atoms with Crippen molar-refractivity contribution in [1.82, 2.24) is 19.9 Å². The second-order valence-electron chi connectivity index (χ2n) is 10.4. The van der Waals surface area contributed by atoms with Gasteiger partial charge < -0.3 is 0 Å². The third-order valence-corrected chi connectivity index (χ3v) is 7.96. The highest BCUT2D eigenvalue weighted by atomic mass is 19.1. The molecule has 0 unspecified atom stereocenters. The fourth-order valence-corrected chi connectivity index (χ4v) is 6.32. The summed E-state index contributed by atoms with van der Waals surface area (Å²) in [7, 11) is 0. The van der Waals surface area contributed by atoms with E-state index in [0.29, 0.717) is 22.1 Å². The minimum absolute atomic E-state index is 0.243. The van der Waals surface area contributed by atoms with Crippen LogP contribution < -0.4 is 0 Å². The molecule has 2 aromatic heterocycles. The van der Waals surface area contributed by atoms with Crippen molar-refractivity contribution < 1.29 is 17.6 Å². The lowest BCUT2D eigenvalue weighted by Gasteiger charge is -2.18. The quantitative estimate of drug-likeness (QED) is 0.122. The van der Waals surface area contributed by atoms with Crippen LogP contribution >= 0.6 is 0 Å². The molecule has 0 bridgehead atoms. The molecule has 0 atom stereocenters. The number of rotatable bonds is 2. The summed E-state index contributed by atoms with van der Waals surface area (Å²) in [6.07, 6.45) is 0. The largest absolute Gasteiger partial charge is 0.228 e. The second-order valence-corrected chi connectivity index (χ2v) is 10.4. The van der Waals surface area contributed by atoms with E-state index in [1.807, 2.05) is 48.5 Å². The van der Waals surface area contributed by atoms with Gasteiger partial charge in [0.05, 0.1) is 22.1 Å². The summed E-state index contributed by atoms with van der Waals surface area (Å²) < 4.78 is 55.8. The van der Waals surface area contributed by atoms with E-state index in [0.717, 1.165) is 55.2 Å². The number of hydrogen-bond donors (Lipinski definition) is 0. The van der Waals surface area contributed by atoms with Crippen LogP contribution in [0.4, 0.5) is 17.6 Å². The van der Waals surface area contributed by atoms with Crippen LogP contribution in [0.25, 0.3) is 87.9 Å². The van der Waals surface area contributed by atoms with Crippen LogP contribution in [0.15, 0.2) is 84.9 Å². The number of fused-ring (bicyclic) bond motifs is 2. The van der Waals surface area contributed by atoms with E-state index in [-0.39, 0.29) is 22.8 Å². The van der Waals surface area contributed by atoms with Crippen molar-refractivity contribution >= 4 is 65.2 Å². The Kier molecular flexibility index (Phi) is 4.45. The first-order chi connectivity index (χ1) is 20.4. The molecule has 0 spiro atoms. The monoisotopic (exact) mass is 554 g/mol. The Morgan fingerprint density at radius 2 is 0.619 bits per heavy atom. The normalized spacial score (nSPS) is 12.3. The van der Waals surface area contributed by atoms with Gasteiger partial charge in [0, 0.05) is 44.8 Å². The van der Waals surface area contributed by atoms with Crippen molar-refractivity contribution in [2.45, 2.75) is 0 Å². The zero-order chi connectivity index (χ0) is 28.3. The summed E-state index contributed by atoms with van der Waals surface area (Å²) in [6, 6.07) is 22.1. The zero-order valence-corrected chi connectivity index (χ0v) is 21.4. The fourth-order valence-electron chi connectivity index (χ4n) is 6.32. The Bertz CT molecular complexity index is 2240. The first kappa shape index (κ1) is 23.2. The topological polar surface area (TPSA) is 51.6 Å². The van der Waals surface area contributed by atoms with Gasteiger partial charge in [-0.2, -0.15) is 0 Å². The molecule has 7 aromatic carbocycles. The second kappa shape index (κ2) is 8.04. The average molecular weight is 555 g/mol. The number of nitrogens with zero attached hydrogens (tertiary/aromatic N) is 4. The molecule has 4 nitrogen and oxygen atoms in total. The van der Waals surface area contributed by atoms with E-state index in [2.05, 4.69) is 0 Å². The lowest BCUT2D eigenvalue weighted by Crippen LogP contribution is -1.98. The highest BCUT2D eigenvalue weighted by molar-refractivity contribution is 6.38. The van der Waals surface area contributed by atoms with Crippen LogP contribution in [0.1, 0.15) is 0 Å². The molecule has 0 saturated heterocycles. The standard InChI is InChI=1S/C34H14F4N4/c35-17-9-15(10-18(36)13-17)33-39-25-5-1-21-22-2-6-27-32-28(42-34(41-27)16-11-19(37)14-20(38)12-16)8-4-24(30(22)32)23-3-7-26(40-33)31(25)29(21)23/h1-14H. The van der Waals surface area contributed by atoms with Crippen LogP contribution in [0.5, 0.6) is 0 Å². The van der Waals surface area contributed by atoms with Crippen molar-refractivity contribution in [2.24, 2.45) is 0 Å². The fraction of sp³-hybridized carbons (Fsp3) is 0. The van der Waals surface area contributed by atoms with Gasteiger partial charge >= 0.3 is 0 Å². The molecule has 0 aliphatic carbocycles. The minimum Gasteiger partial charge on any atom is -0.228 e. The Morgan fingerprint density at radius 3 is 0.905 bits per heavy atom. The zero-order valence-electron chi connectivity index (χ0n) is 21.4. The molecular weight excluding hydrogens is 540 g/mol. The minimum atomic E-state index is -0.693. The summed E-state index contributed by atoms with van der Waals surface area (Å²) in [5.74, 6) is -2.29. The van der Waals surface area contributed by atoms with Crippen LogP contribution in [-0.4, -0.2) is 19.9 Å². The summed E-state index contributed by atoms with van der Waals surface area (Å²) in [4.78, 5) is 18.8. The van der Waals surface area contributed by atoms with Gasteiger partial charge in [-0.15, -0.1) is 0 Å². The maximum Gasteiger partial charge on any atom is 0.160 e. The average Bonchev–Trinajstić information content (AvgIpc) is 2.97. The number of benzene rings is 7. The molecular formula is C34H14F4N4. The van der Waals surface area contributed by atoms with Crippen LogP contribution in [-0.2, 0) is 0 Å². The summed E-state index contributed by atoms with van der Waals surface area (Å²) in [5.41, 5.74) is 3.20. The van der Waals surface area contributed by atoms with Crippen molar-refractivity contribution in [3.63, 3.8) is 0 Å².